The van der Waals surface area contributed by atoms with Gasteiger partial charge in [0.25, 0.3) is 6.47 Å². The molecule has 1 aliphatic carbocycles. The molecule has 0 saturated carbocycles. The summed E-state index contributed by atoms with van der Waals surface area (Å²) in [6.07, 6.45) is 7.35. The van der Waals surface area contributed by atoms with Crippen molar-refractivity contribution in [2.75, 3.05) is 45.2 Å². The third-order valence-corrected chi connectivity index (χ3v) is 5.95. The molecule has 8 heteroatoms. The maximum absolute atomic E-state index is 8.83. The molecule has 32 heavy (non-hydrogen) atoms. The Labute approximate surface area is 189 Å². The number of carbonyl (C=O) groups is 1. The highest BCUT2D eigenvalue weighted by atomic mass is 16.5. The number of aromatic nitrogens is 1. The lowest BCUT2D eigenvalue weighted by atomic mass is 10.0. The summed E-state index contributed by atoms with van der Waals surface area (Å²) in [4.78, 5) is 15.7. The van der Waals surface area contributed by atoms with E-state index in [-0.39, 0.29) is 6.47 Å². The third-order valence-electron chi connectivity index (χ3n) is 5.95. The molecule has 0 amide bonds. The van der Waals surface area contributed by atoms with E-state index in [0.29, 0.717) is 19.6 Å². The topological polar surface area (TPSA) is 108 Å². The number of aryl methyl sites for hydroxylation is 1. The van der Waals surface area contributed by atoms with Crippen LogP contribution >= 0.6 is 0 Å². The molecule has 0 radical (unpaired) electrons. The highest BCUT2D eigenvalue weighted by molar-refractivity contribution is 5.89. The van der Waals surface area contributed by atoms with Crippen molar-refractivity contribution in [1.29, 1.82) is 5.26 Å². The molecule has 2 N–H and O–H groups in total. The number of ether oxygens (including phenoxy) is 2. The molecular weight excluding hydrogens is 408 g/mol. The second-order valence-electron chi connectivity index (χ2n) is 7.98. The molecule has 2 aliphatic rings. The van der Waals surface area contributed by atoms with E-state index in [1.807, 2.05) is 6.07 Å². The molecule has 1 saturated heterocycles. The van der Waals surface area contributed by atoms with Crippen LogP contribution in [0, 0.1) is 11.3 Å². The minimum atomic E-state index is -0.250. The van der Waals surface area contributed by atoms with Gasteiger partial charge in [-0.25, -0.2) is 4.98 Å². The monoisotopic (exact) mass is 440 g/mol. The van der Waals surface area contributed by atoms with Crippen molar-refractivity contribution in [2.24, 2.45) is 0 Å². The number of nitriles is 1. The number of rotatable bonds is 9. The lowest BCUT2D eigenvalue weighted by Gasteiger charge is -2.17. The molecule has 0 spiro atoms. The Kier molecular flexibility index (Phi) is 8.93. The van der Waals surface area contributed by atoms with Crippen molar-refractivity contribution in [2.45, 2.75) is 44.9 Å². The summed E-state index contributed by atoms with van der Waals surface area (Å²) in [5, 5.41) is 20.2. The average molecular weight is 441 g/mol. The van der Waals surface area contributed by atoms with Gasteiger partial charge >= 0.3 is 0 Å². The van der Waals surface area contributed by atoms with Crippen molar-refractivity contribution in [3.8, 4) is 17.6 Å². The fourth-order valence-corrected chi connectivity index (χ4v) is 4.51. The zero-order chi connectivity index (χ0) is 22.8. The summed E-state index contributed by atoms with van der Waals surface area (Å²) < 4.78 is 11.7. The number of methoxy groups -OCH3 is 1. The molecule has 172 valence electrons. The van der Waals surface area contributed by atoms with Gasteiger partial charge in [-0.1, -0.05) is 0 Å². The Morgan fingerprint density at radius 1 is 1.22 bits per heavy atom. The van der Waals surface area contributed by atoms with Gasteiger partial charge in [0, 0.05) is 24.5 Å². The quantitative estimate of drug-likeness (QED) is 0.450. The fourth-order valence-electron chi connectivity index (χ4n) is 4.51. The molecule has 2 heterocycles. The standard InChI is InChI=1S/C23H30N4O2.CH2O2/c1-28-21-15-19-17-7-4-8-18(17)23(25-10-5-9-24)26-20(19)16-22(21)29-14-6-13-27-11-2-3-12-27;2-1-3/h15-16H,2-8,10-14H2,1H3,(H,25,26);1H,(H,2,3). The smallest absolute Gasteiger partial charge is 0.290 e. The van der Waals surface area contributed by atoms with Gasteiger partial charge in [-0.2, -0.15) is 5.26 Å². The van der Waals surface area contributed by atoms with Gasteiger partial charge in [0.1, 0.15) is 5.82 Å². The molecular formula is C24H32N4O4. The van der Waals surface area contributed by atoms with Crippen molar-refractivity contribution in [3.63, 3.8) is 0 Å². The van der Waals surface area contributed by atoms with E-state index in [0.717, 1.165) is 60.4 Å². The number of benzene rings is 1. The van der Waals surface area contributed by atoms with Crippen molar-refractivity contribution in [1.82, 2.24) is 9.88 Å². The van der Waals surface area contributed by atoms with Crippen LogP contribution in [0.5, 0.6) is 11.5 Å². The van der Waals surface area contributed by atoms with Crippen LogP contribution in [-0.4, -0.2) is 61.4 Å². The summed E-state index contributed by atoms with van der Waals surface area (Å²) in [6, 6.07) is 6.28. The third kappa shape index (κ3) is 5.80. The normalized spacial score (nSPS) is 14.9. The molecule has 1 fully saturated rings. The number of pyridine rings is 1. The Morgan fingerprint density at radius 2 is 1.97 bits per heavy atom. The van der Waals surface area contributed by atoms with Crippen LogP contribution < -0.4 is 14.8 Å². The molecule has 8 nitrogen and oxygen atoms in total. The van der Waals surface area contributed by atoms with E-state index in [1.54, 1.807) is 7.11 Å². The SMILES string of the molecule is COc1cc2c3c(c(NCCC#N)nc2cc1OCCCN1CCCC1)CCC3.O=CO. The van der Waals surface area contributed by atoms with Crippen molar-refractivity contribution >= 4 is 23.2 Å². The van der Waals surface area contributed by atoms with E-state index in [2.05, 4.69) is 22.4 Å². The molecule has 0 unspecified atom stereocenters. The summed E-state index contributed by atoms with van der Waals surface area (Å²) in [5.74, 6) is 2.46. The lowest BCUT2D eigenvalue weighted by Crippen LogP contribution is -2.21. The van der Waals surface area contributed by atoms with E-state index in [9.17, 15) is 0 Å². The van der Waals surface area contributed by atoms with Crippen LogP contribution in [0.2, 0.25) is 0 Å². The molecule has 1 aliphatic heterocycles. The van der Waals surface area contributed by atoms with E-state index < -0.39 is 0 Å². The predicted molar refractivity (Wildman–Crippen MR) is 124 cm³/mol. The predicted octanol–water partition coefficient (Wildman–Crippen LogP) is 3.62. The number of likely N-dealkylation sites (tertiary alicyclic amines) is 1. The Hall–Kier alpha value is -3.05. The van der Waals surface area contributed by atoms with Gasteiger partial charge in [0.05, 0.1) is 31.7 Å². The molecule has 1 aromatic carbocycles. The first kappa shape index (κ1) is 23.6. The Balaban J connectivity index is 0.000000913. The number of hydrogen-bond donors (Lipinski definition) is 2. The van der Waals surface area contributed by atoms with Crippen LogP contribution in [-0.2, 0) is 17.6 Å². The van der Waals surface area contributed by atoms with Crippen molar-refractivity contribution in [3.05, 3.63) is 23.3 Å². The molecule has 0 bridgehead atoms. The zero-order valence-electron chi connectivity index (χ0n) is 18.7. The highest BCUT2D eigenvalue weighted by Gasteiger charge is 2.21. The van der Waals surface area contributed by atoms with Gasteiger partial charge in [-0.3, -0.25) is 4.79 Å². The van der Waals surface area contributed by atoms with Gasteiger partial charge in [-0.05, 0) is 68.8 Å². The summed E-state index contributed by atoms with van der Waals surface area (Å²) >= 11 is 0. The van der Waals surface area contributed by atoms with Gasteiger partial charge in [0.15, 0.2) is 11.5 Å². The maximum atomic E-state index is 8.83. The van der Waals surface area contributed by atoms with E-state index in [4.69, 9.17) is 29.6 Å². The molecule has 1 aromatic heterocycles. The van der Waals surface area contributed by atoms with Gasteiger partial charge in [-0.15, -0.1) is 0 Å². The number of anilines is 1. The van der Waals surface area contributed by atoms with Crippen LogP contribution in [0.25, 0.3) is 10.9 Å². The number of hydrogen-bond acceptors (Lipinski definition) is 7. The molecule has 2 aromatic rings. The minimum absolute atomic E-state index is 0.250. The summed E-state index contributed by atoms with van der Waals surface area (Å²) in [5.41, 5.74) is 3.57. The number of fused-ring (bicyclic) bond motifs is 3. The van der Waals surface area contributed by atoms with Gasteiger partial charge < -0.3 is 24.8 Å². The number of nitrogens with zero attached hydrogens (tertiary/aromatic N) is 3. The summed E-state index contributed by atoms with van der Waals surface area (Å²) in [6.45, 7) is 4.58. The molecule has 4 rings (SSSR count). The van der Waals surface area contributed by atoms with Crippen LogP contribution in [0.3, 0.4) is 0 Å². The first-order valence-electron chi connectivity index (χ1n) is 11.3. The minimum Gasteiger partial charge on any atom is -0.493 e. The summed E-state index contributed by atoms with van der Waals surface area (Å²) in [7, 11) is 1.70. The van der Waals surface area contributed by atoms with Crippen molar-refractivity contribution < 1.29 is 19.4 Å². The second kappa shape index (κ2) is 12.1. The molecule has 0 atom stereocenters. The lowest BCUT2D eigenvalue weighted by molar-refractivity contribution is -0.122. The maximum Gasteiger partial charge on any atom is 0.290 e. The fraction of sp³-hybridized carbons (Fsp3) is 0.542. The highest BCUT2D eigenvalue weighted by Crippen LogP contribution is 2.39. The van der Waals surface area contributed by atoms with Crippen LogP contribution in [0.4, 0.5) is 5.82 Å². The Bertz CT molecular complexity index is 951. The van der Waals surface area contributed by atoms with Crippen LogP contribution in [0.1, 0.15) is 43.2 Å². The van der Waals surface area contributed by atoms with Crippen LogP contribution in [0.15, 0.2) is 12.1 Å². The number of carboxylic acid groups (broad SMARTS) is 1. The zero-order valence-corrected chi connectivity index (χ0v) is 18.7. The second-order valence-corrected chi connectivity index (χ2v) is 7.98. The largest absolute Gasteiger partial charge is 0.493 e. The first-order chi connectivity index (χ1) is 15.7. The van der Waals surface area contributed by atoms with E-state index in [1.165, 1.54) is 37.1 Å². The Morgan fingerprint density at radius 3 is 2.69 bits per heavy atom. The number of nitrogens with one attached hydrogen (secondary N) is 1. The average Bonchev–Trinajstić information content (AvgIpc) is 3.49. The van der Waals surface area contributed by atoms with Gasteiger partial charge in [0.2, 0.25) is 0 Å². The van der Waals surface area contributed by atoms with E-state index >= 15 is 0 Å². The first-order valence-corrected chi connectivity index (χ1v) is 11.3.